The molecule has 1 aliphatic rings. The van der Waals surface area contributed by atoms with Gasteiger partial charge in [0.15, 0.2) is 0 Å². The maximum atomic E-state index is 13.4. The molecule has 1 aliphatic carbocycles. The lowest BCUT2D eigenvalue weighted by Crippen LogP contribution is -2.31. The van der Waals surface area contributed by atoms with Crippen molar-refractivity contribution >= 4 is 44.6 Å². The number of benzene rings is 3. The van der Waals surface area contributed by atoms with Gasteiger partial charge in [-0.25, -0.2) is 17.9 Å². The van der Waals surface area contributed by atoms with Crippen LogP contribution in [0.25, 0.3) is 10.9 Å². The van der Waals surface area contributed by atoms with Crippen molar-refractivity contribution < 1.29 is 37.0 Å². The monoisotopic (exact) mass is 713 g/mol. The number of nitrogens with one attached hydrogen (secondary N) is 3. The predicted molar refractivity (Wildman–Crippen MR) is 194 cm³/mol. The number of carbonyl (C=O) groups excluding carboxylic acids is 3. The minimum absolute atomic E-state index is 0.0478. The minimum Gasteiger partial charge on any atom is -0.496 e. The number of hydrogen-bond donors (Lipinski definition) is 3. The third-order valence-electron chi connectivity index (χ3n) is 8.66. The zero-order valence-electron chi connectivity index (χ0n) is 29.4. The van der Waals surface area contributed by atoms with Crippen molar-refractivity contribution in [3.63, 3.8) is 0 Å². The Morgan fingerprint density at radius 1 is 1.00 bits per heavy atom. The van der Waals surface area contributed by atoms with Crippen LogP contribution in [-0.2, 0) is 24.3 Å². The van der Waals surface area contributed by atoms with Crippen molar-refractivity contribution in [2.24, 2.45) is 5.41 Å². The number of sulfonamides is 1. The van der Waals surface area contributed by atoms with E-state index in [0.717, 1.165) is 47.7 Å². The van der Waals surface area contributed by atoms with Gasteiger partial charge >= 0.3 is 12.1 Å². The molecule has 1 atom stereocenters. The lowest BCUT2D eigenvalue weighted by atomic mass is 9.91. The molecule has 3 N–H and O–H groups in total. The molecule has 5 rings (SSSR count). The number of carbonyl (C=O) groups is 3. The van der Waals surface area contributed by atoms with Crippen LogP contribution in [-0.4, -0.2) is 51.2 Å². The van der Waals surface area contributed by atoms with Crippen molar-refractivity contribution in [1.29, 1.82) is 0 Å². The Morgan fingerprint density at radius 2 is 1.75 bits per heavy atom. The van der Waals surface area contributed by atoms with Gasteiger partial charge in [-0.05, 0) is 94.5 Å². The molecule has 1 heterocycles. The summed E-state index contributed by atoms with van der Waals surface area (Å²) in [4.78, 5) is 40.9. The number of methoxy groups -OCH3 is 1. The number of aromatic nitrogens is 1. The third kappa shape index (κ3) is 9.10. The van der Waals surface area contributed by atoms with E-state index in [2.05, 4.69) is 26.9 Å². The quantitative estimate of drug-likeness (QED) is 0.0882. The Kier molecular flexibility index (Phi) is 11.4. The number of aromatic amines is 1. The van der Waals surface area contributed by atoms with Gasteiger partial charge in [-0.2, -0.15) is 0 Å². The van der Waals surface area contributed by atoms with Gasteiger partial charge in [-0.1, -0.05) is 37.0 Å². The zero-order chi connectivity index (χ0) is 36.8. The second-order valence-electron chi connectivity index (χ2n) is 13.5. The second kappa shape index (κ2) is 15.7. The Balaban J connectivity index is 1.29. The summed E-state index contributed by atoms with van der Waals surface area (Å²) in [5.74, 6) is 4.65. The SMILES string of the molecule is COc1cc(C(=O)NS(=O)(=O)c2ccccc2C#CCCOC(=O)C(C)(C)C)ccc1C(C)c1c[nH]c2ccc(NC(=O)OC3CCCC3)cc12. The standard InChI is InChI=1S/C39H43N3O8S/c1-25(32-24-40-33-20-18-28(23-31(32)33)41-38(45)50-29-14-7-8-15-29)30-19-17-27(22-34(30)48-5)36(43)42-51(46,47)35-16-9-6-12-26(35)13-10-11-21-49-37(44)39(2,3)4/h6,9,12,16-20,22-25,29,40H,7-8,11,14-15,21H2,1-5H3,(H,41,45)(H,42,43). The summed E-state index contributed by atoms with van der Waals surface area (Å²) in [6.07, 6.45) is 5.47. The molecule has 0 aliphatic heterocycles. The van der Waals surface area contributed by atoms with Crippen molar-refractivity contribution in [2.75, 3.05) is 19.0 Å². The van der Waals surface area contributed by atoms with Crippen LogP contribution >= 0.6 is 0 Å². The molecule has 0 radical (unpaired) electrons. The van der Waals surface area contributed by atoms with E-state index in [-0.39, 0.29) is 47.0 Å². The van der Waals surface area contributed by atoms with E-state index < -0.39 is 27.4 Å². The molecule has 11 nitrogen and oxygen atoms in total. The largest absolute Gasteiger partial charge is 0.496 e. The molecule has 0 saturated heterocycles. The van der Waals surface area contributed by atoms with Crippen molar-refractivity contribution in [3.8, 4) is 17.6 Å². The average molecular weight is 714 g/mol. The fourth-order valence-electron chi connectivity index (χ4n) is 5.87. The molecule has 3 aromatic carbocycles. The molecular formula is C39H43N3O8S. The average Bonchev–Trinajstić information content (AvgIpc) is 3.76. The van der Waals surface area contributed by atoms with Gasteiger partial charge < -0.3 is 19.2 Å². The molecule has 12 heteroatoms. The predicted octanol–water partition coefficient (Wildman–Crippen LogP) is 7.27. The van der Waals surface area contributed by atoms with E-state index in [0.29, 0.717) is 11.4 Å². The highest BCUT2D eigenvalue weighted by atomic mass is 32.2. The number of anilines is 1. The number of amides is 2. The van der Waals surface area contributed by atoms with Crippen LogP contribution in [0.15, 0.2) is 71.8 Å². The smallest absolute Gasteiger partial charge is 0.411 e. The van der Waals surface area contributed by atoms with Crippen molar-refractivity contribution in [2.45, 2.75) is 76.7 Å². The fraction of sp³-hybridized carbons (Fsp3) is 0.359. The van der Waals surface area contributed by atoms with Crippen LogP contribution in [0.3, 0.4) is 0 Å². The van der Waals surface area contributed by atoms with Gasteiger partial charge in [0.25, 0.3) is 15.9 Å². The van der Waals surface area contributed by atoms with E-state index >= 15 is 0 Å². The number of hydrogen-bond acceptors (Lipinski definition) is 8. The second-order valence-corrected chi connectivity index (χ2v) is 15.1. The first-order valence-corrected chi connectivity index (χ1v) is 18.3. The topological polar surface area (TPSA) is 153 Å². The lowest BCUT2D eigenvalue weighted by Gasteiger charge is -2.17. The summed E-state index contributed by atoms with van der Waals surface area (Å²) in [6, 6.07) is 16.5. The van der Waals surface area contributed by atoms with Gasteiger partial charge in [-0.3, -0.25) is 14.9 Å². The van der Waals surface area contributed by atoms with Crippen LogP contribution in [0, 0.1) is 17.3 Å². The van der Waals surface area contributed by atoms with E-state index in [1.165, 1.54) is 25.3 Å². The summed E-state index contributed by atoms with van der Waals surface area (Å²) in [5, 5.41) is 3.73. The molecule has 1 saturated carbocycles. The van der Waals surface area contributed by atoms with Gasteiger partial charge in [0.1, 0.15) is 23.4 Å². The molecule has 1 aromatic heterocycles. The van der Waals surface area contributed by atoms with Crippen LogP contribution in [0.2, 0.25) is 0 Å². The molecule has 2 amide bonds. The summed E-state index contributed by atoms with van der Waals surface area (Å²) in [6.45, 7) is 7.31. The van der Waals surface area contributed by atoms with E-state index in [1.54, 1.807) is 45.0 Å². The van der Waals surface area contributed by atoms with Gasteiger partial charge in [0, 0.05) is 51.8 Å². The third-order valence-corrected chi connectivity index (χ3v) is 10.1. The normalized spacial score (nSPS) is 13.9. The highest BCUT2D eigenvalue weighted by Crippen LogP contribution is 2.37. The van der Waals surface area contributed by atoms with Crippen LogP contribution in [0.1, 0.15) is 92.8 Å². The summed E-state index contributed by atoms with van der Waals surface area (Å²) in [5.41, 5.74) is 2.83. The van der Waals surface area contributed by atoms with Gasteiger partial charge in [0.2, 0.25) is 0 Å². The van der Waals surface area contributed by atoms with Gasteiger partial charge in [0.05, 0.1) is 12.5 Å². The molecule has 0 bridgehead atoms. The molecular weight excluding hydrogens is 671 g/mol. The maximum absolute atomic E-state index is 13.4. The fourth-order valence-corrected chi connectivity index (χ4v) is 7.01. The molecule has 0 spiro atoms. The van der Waals surface area contributed by atoms with Crippen LogP contribution in [0.5, 0.6) is 5.75 Å². The zero-order valence-corrected chi connectivity index (χ0v) is 30.2. The number of esters is 1. The summed E-state index contributed by atoms with van der Waals surface area (Å²) >= 11 is 0. The number of ether oxygens (including phenoxy) is 3. The molecule has 1 unspecified atom stereocenters. The Labute approximate surface area is 298 Å². The maximum Gasteiger partial charge on any atom is 0.411 e. The summed E-state index contributed by atoms with van der Waals surface area (Å²) < 4.78 is 45.3. The van der Waals surface area contributed by atoms with E-state index in [1.807, 2.05) is 31.3 Å². The summed E-state index contributed by atoms with van der Waals surface area (Å²) in [7, 11) is -2.83. The first-order chi connectivity index (χ1) is 24.3. The Bertz CT molecular complexity index is 2100. The van der Waals surface area contributed by atoms with Gasteiger partial charge in [-0.15, -0.1) is 0 Å². The first-order valence-electron chi connectivity index (χ1n) is 16.9. The Hall–Kier alpha value is -5.28. The number of rotatable bonds is 10. The molecule has 268 valence electrons. The minimum atomic E-state index is -4.31. The molecule has 4 aromatic rings. The van der Waals surface area contributed by atoms with Crippen LogP contribution < -0.4 is 14.8 Å². The number of fused-ring (bicyclic) bond motifs is 1. The number of H-pyrrole nitrogens is 1. The van der Waals surface area contributed by atoms with Crippen molar-refractivity contribution in [3.05, 3.63) is 89.1 Å². The van der Waals surface area contributed by atoms with E-state index in [9.17, 15) is 22.8 Å². The van der Waals surface area contributed by atoms with Crippen molar-refractivity contribution in [1.82, 2.24) is 9.71 Å². The first kappa shape index (κ1) is 37.0. The molecule has 1 fully saturated rings. The highest BCUT2D eigenvalue weighted by Gasteiger charge is 2.25. The van der Waals surface area contributed by atoms with E-state index in [4.69, 9.17) is 14.2 Å². The molecule has 51 heavy (non-hydrogen) atoms. The van der Waals surface area contributed by atoms with Crippen LogP contribution in [0.4, 0.5) is 10.5 Å². The highest BCUT2D eigenvalue weighted by molar-refractivity contribution is 7.90. The Morgan fingerprint density at radius 3 is 2.47 bits per heavy atom. The lowest BCUT2D eigenvalue weighted by molar-refractivity contribution is -0.152.